The van der Waals surface area contributed by atoms with Gasteiger partial charge in [0.1, 0.15) is 17.0 Å². The van der Waals surface area contributed by atoms with Gasteiger partial charge in [-0.2, -0.15) is 18.2 Å². The molecule has 0 unspecified atom stereocenters. The Morgan fingerprint density at radius 2 is 1.73 bits per heavy atom. The first-order chi connectivity index (χ1) is 15.2. The van der Waals surface area contributed by atoms with Gasteiger partial charge in [-0.15, -0.1) is 17.7 Å². The minimum Gasteiger partial charge on any atom is -0.710 e. The van der Waals surface area contributed by atoms with E-state index in [0.29, 0.717) is 6.07 Å². The van der Waals surface area contributed by atoms with Gasteiger partial charge in [-0.1, -0.05) is 13.0 Å². The molecule has 0 amide bonds. The summed E-state index contributed by atoms with van der Waals surface area (Å²) < 4.78 is 108. The van der Waals surface area contributed by atoms with Crippen LogP contribution in [0.2, 0.25) is 0 Å². The number of hydrogen-bond acceptors (Lipinski definition) is 5. The Morgan fingerprint density at radius 3 is 2.30 bits per heavy atom. The van der Waals surface area contributed by atoms with Crippen LogP contribution in [0, 0.1) is 12.1 Å². The first-order valence-corrected chi connectivity index (χ1v) is 10.8. The highest BCUT2D eigenvalue weighted by Crippen LogP contribution is 2.39. The Labute approximate surface area is 181 Å². The first-order valence-electron chi connectivity index (χ1n) is 9.19. The summed E-state index contributed by atoms with van der Waals surface area (Å²) in [5, 5.41) is 11.3. The average molecular weight is 493 g/mol. The number of aromatic nitrogens is 5. The predicted molar refractivity (Wildman–Crippen MR) is 102 cm³/mol. The lowest BCUT2D eigenvalue weighted by Gasteiger charge is -2.12. The summed E-state index contributed by atoms with van der Waals surface area (Å²) in [7, 11) is -4.57. The molecule has 33 heavy (non-hydrogen) atoms. The monoisotopic (exact) mass is 493 g/mol. The van der Waals surface area contributed by atoms with Gasteiger partial charge in [-0.05, 0) is 31.2 Å². The molecule has 4 rings (SSSR count). The van der Waals surface area contributed by atoms with Gasteiger partial charge < -0.3 is 5.21 Å². The van der Waals surface area contributed by atoms with Crippen molar-refractivity contribution in [3.8, 4) is 11.5 Å². The number of pyridine rings is 2. The zero-order valence-corrected chi connectivity index (χ0v) is 17.5. The smallest absolute Gasteiger partial charge is 0.569 e. The Bertz CT molecular complexity index is 1520. The van der Waals surface area contributed by atoms with E-state index in [1.165, 1.54) is 13.0 Å². The summed E-state index contributed by atoms with van der Waals surface area (Å²) >= 11 is 0. The van der Waals surface area contributed by atoms with Crippen LogP contribution in [0.3, 0.4) is 0 Å². The largest absolute Gasteiger partial charge is 0.710 e. The second-order valence-electron chi connectivity index (χ2n) is 6.99. The van der Waals surface area contributed by atoms with Gasteiger partial charge in [-0.3, -0.25) is 4.40 Å². The van der Waals surface area contributed by atoms with Crippen molar-refractivity contribution >= 4 is 26.6 Å². The van der Waals surface area contributed by atoms with E-state index in [-0.39, 0.29) is 14.8 Å². The molecule has 8 nitrogen and oxygen atoms in total. The standard InChI is InChI=1S/C18H13F6N5O3S/c1-3-33(31,32)16-13(26-12-6-4-5-11(27(12)16)17(19,20)21)14-25-10-8-7-9(2)29(30)15(10)28(14)18(22,23)24/h4-8H,3H2,1-2H3. The number of halogens is 6. The third kappa shape index (κ3) is 3.46. The van der Waals surface area contributed by atoms with Crippen LogP contribution >= 0.6 is 0 Å². The molecule has 0 saturated heterocycles. The minimum absolute atomic E-state index is 0.0513. The second-order valence-corrected chi connectivity index (χ2v) is 9.18. The number of nitrogens with zero attached hydrogens (tertiary/aromatic N) is 5. The normalized spacial score (nSPS) is 13.3. The third-order valence-electron chi connectivity index (χ3n) is 4.91. The molecule has 176 valence electrons. The zero-order chi connectivity index (χ0) is 24.5. The molecule has 0 atom stereocenters. The van der Waals surface area contributed by atoms with E-state index < -0.39 is 71.7 Å². The molecular formula is C18H13F6N5O3S. The van der Waals surface area contributed by atoms with Crippen molar-refractivity contribution < 1.29 is 39.5 Å². The molecule has 4 aromatic heterocycles. The molecule has 15 heteroatoms. The van der Waals surface area contributed by atoms with Gasteiger partial charge >= 0.3 is 18.1 Å². The summed E-state index contributed by atoms with van der Waals surface area (Å²) in [5.41, 5.74) is -4.50. The molecule has 0 aliphatic heterocycles. The summed E-state index contributed by atoms with van der Waals surface area (Å²) in [6, 6.07) is 4.84. The number of fused-ring (bicyclic) bond motifs is 2. The maximum absolute atomic E-state index is 14.0. The van der Waals surface area contributed by atoms with E-state index in [2.05, 4.69) is 9.97 Å². The molecule has 0 fully saturated rings. The van der Waals surface area contributed by atoms with Crippen molar-refractivity contribution in [2.75, 3.05) is 5.75 Å². The highest BCUT2D eigenvalue weighted by Gasteiger charge is 2.47. The average Bonchev–Trinajstić information content (AvgIpc) is 3.29. The Morgan fingerprint density at radius 1 is 1.06 bits per heavy atom. The fourth-order valence-electron chi connectivity index (χ4n) is 3.43. The van der Waals surface area contributed by atoms with E-state index in [1.54, 1.807) is 0 Å². The number of sulfone groups is 1. The fourth-order valence-corrected chi connectivity index (χ4v) is 4.60. The number of imidazole rings is 2. The maximum Gasteiger partial charge on any atom is 0.569 e. The fraction of sp³-hybridized carbons (Fsp3) is 0.278. The molecule has 4 heterocycles. The molecular weight excluding hydrogens is 480 g/mol. The van der Waals surface area contributed by atoms with Gasteiger partial charge in [0.2, 0.25) is 0 Å². The Kier molecular flexibility index (Phi) is 4.89. The van der Waals surface area contributed by atoms with Gasteiger partial charge in [-0.25, -0.2) is 18.1 Å². The van der Waals surface area contributed by atoms with Gasteiger partial charge in [0.15, 0.2) is 26.1 Å². The molecule has 0 aliphatic rings. The topological polar surface area (TPSA) is 96.2 Å². The van der Waals surface area contributed by atoms with Crippen molar-refractivity contribution in [2.24, 2.45) is 0 Å². The molecule has 0 bridgehead atoms. The van der Waals surface area contributed by atoms with Crippen molar-refractivity contribution in [1.82, 2.24) is 18.9 Å². The van der Waals surface area contributed by atoms with E-state index in [0.717, 1.165) is 25.1 Å². The van der Waals surface area contributed by atoms with Crippen LogP contribution in [-0.2, 0) is 22.3 Å². The van der Waals surface area contributed by atoms with Crippen LogP contribution in [0.1, 0.15) is 18.3 Å². The van der Waals surface area contributed by atoms with Crippen LogP contribution in [0.4, 0.5) is 26.3 Å². The minimum atomic E-state index is -5.28. The SMILES string of the molecule is CCS(=O)(=O)c1c(-c2nc3ccc(C)[n+]([O-])c3n2C(F)(F)F)nc2cccc(C(F)(F)F)n12. The maximum atomic E-state index is 14.0. The number of hydrogen-bond donors (Lipinski definition) is 0. The van der Waals surface area contributed by atoms with Crippen LogP contribution in [0.5, 0.6) is 0 Å². The predicted octanol–water partition coefficient (Wildman–Crippen LogP) is 3.58. The Balaban J connectivity index is 2.26. The molecule has 0 N–H and O–H groups in total. The van der Waals surface area contributed by atoms with Crippen molar-refractivity contribution in [3.63, 3.8) is 0 Å². The summed E-state index contributed by atoms with van der Waals surface area (Å²) in [4.78, 5) is 7.53. The van der Waals surface area contributed by atoms with Crippen molar-refractivity contribution in [2.45, 2.75) is 31.3 Å². The van der Waals surface area contributed by atoms with Crippen molar-refractivity contribution in [3.05, 3.63) is 46.9 Å². The van der Waals surface area contributed by atoms with Crippen LogP contribution < -0.4 is 4.73 Å². The van der Waals surface area contributed by atoms with Crippen LogP contribution in [0.25, 0.3) is 28.3 Å². The first kappa shape index (κ1) is 22.8. The van der Waals surface area contributed by atoms with E-state index in [4.69, 9.17) is 0 Å². The number of rotatable bonds is 3. The lowest BCUT2D eigenvalue weighted by molar-refractivity contribution is -0.588. The lowest BCUT2D eigenvalue weighted by Crippen LogP contribution is -2.35. The van der Waals surface area contributed by atoms with Gasteiger partial charge in [0, 0.05) is 0 Å². The molecule has 4 aromatic rings. The lowest BCUT2D eigenvalue weighted by atomic mass is 10.3. The summed E-state index contributed by atoms with van der Waals surface area (Å²) in [6.45, 7) is 2.36. The van der Waals surface area contributed by atoms with E-state index in [1.807, 2.05) is 0 Å². The number of alkyl halides is 6. The Hall–Kier alpha value is -3.36. The van der Waals surface area contributed by atoms with E-state index >= 15 is 0 Å². The van der Waals surface area contributed by atoms with E-state index in [9.17, 15) is 40.0 Å². The van der Waals surface area contributed by atoms with Crippen LogP contribution in [0.15, 0.2) is 35.4 Å². The van der Waals surface area contributed by atoms with Gasteiger partial charge in [0.05, 0.1) is 5.75 Å². The molecule has 0 radical (unpaired) electrons. The summed E-state index contributed by atoms with van der Waals surface area (Å²) in [5.74, 6) is -1.86. The quantitative estimate of drug-likeness (QED) is 0.247. The highest BCUT2D eigenvalue weighted by atomic mass is 32.2. The second kappa shape index (κ2) is 7.07. The van der Waals surface area contributed by atoms with Gasteiger partial charge in [0.25, 0.3) is 5.82 Å². The third-order valence-corrected chi connectivity index (χ3v) is 6.63. The van der Waals surface area contributed by atoms with Crippen LogP contribution in [-0.4, -0.2) is 33.1 Å². The highest BCUT2D eigenvalue weighted by molar-refractivity contribution is 7.91. The summed E-state index contributed by atoms with van der Waals surface area (Å²) in [6.07, 6.45) is -10.3. The zero-order valence-electron chi connectivity index (χ0n) is 16.7. The molecule has 0 aliphatic carbocycles. The molecule has 0 spiro atoms. The number of aryl methyl sites for hydroxylation is 1. The molecule has 0 saturated carbocycles. The molecule has 0 aromatic carbocycles. The van der Waals surface area contributed by atoms with Crippen molar-refractivity contribution in [1.29, 1.82) is 0 Å².